The summed E-state index contributed by atoms with van der Waals surface area (Å²) >= 11 is 0. The monoisotopic (exact) mass is 256 g/mol. The van der Waals surface area contributed by atoms with Crippen LogP contribution in [0.4, 0.5) is 0 Å². The number of aliphatic hydroxyl groups excluding tert-OH is 1. The number of aliphatic hydroxyl groups is 1. The van der Waals surface area contributed by atoms with Crippen molar-refractivity contribution in [2.75, 3.05) is 7.11 Å². The Bertz CT molecular complexity index is 561. The van der Waals surface area contributed by atoms with Crippen LogP contribution in [0.3, 0.4) is 0 Å². The summed E-state index contributed by atoms with van der Waals surface area (Å²) in [7, 11) is 1.66. The Kier molecular flexibility index (Phi) is 4.23. The molecule has 100 valence electrons. The Hall–Kier alpha value is -1.80. The summed E-state index contributed by atoms with van der Waals surface area (Å²) in [5.74, 6) is 0.854. The minimum Gasteiger partial charge on any atom is -0.496 e. The van der Waals surface area contributed by atoms with Gasteiger partial charge in [0, 0.05) is 6.42 Å². The molecule has 2 heteroatoms. The minimum atomic E-state index is -0.481. The number of rotatable bonds is 4. The molecular formula is C17H20O2. The zero-order valence-corrected chi connectivity index (χ0v) is 11.7. The van der Waals surface area contributed by atoms with Crippen LogP contribution in [0.5, 0.6) is 5.75 Å². The molecule has 19 heavy (non-hydrogen) atoms. The smallest absolute Gasteiger partial charge is 0.121 e. The second-order valence-corrected chi connectivity index (χ2v) is 4.88. The molecule has 1 N–H and O–H groups in total. The normalized spacial score (nSPS) is 12.2. The third-order valence-corrected chi connectivity index (χ3v) is 3.48. The Morgan fingerprint density at radius 2 is 1.79 bits per heavy atom. The second kappa shape index (κ2) is 5.89. The van der Waals surface area contributed by atoms with Gasteiger partial charge in [-0.1, -0.05) is 30.3 Å². The van der Waals surface area contributed by atoms with Crippen molar-refractivity contribution in [3.8, 4) is 5.75 Å². The van der Waals surface area contributed by atoms with Gasteiger partial charge < -0.3 is 9.84 Å². The molecule has 1 atom stereocenters. The van der Waals surface area contributed by atoms with Crippen LogP contribution < -0.4 is 4.74 Å². The van der Waals surface area contributed by atoms with Crippen molar-refractivity contribution in [1.82, 2.24) is 0 Å². The molecule has 0 bridgehead atoms. The van der Waals surface area contributed by atoms with Gasteiger partial charge in [-0.3, -0.25) is 0 Å². The van der Waals surface area contributed by atoms with Crippen molar-refractivity contribution >= 4 is 0 Å². The summed E-state index contributed by atoms with van der Waals surface area (Å²) in [5, 5.41) is 10.3. The number of ether oxygens (including phenoxy) is 1. The van der Waals surface area contributed by atoms with Crippen LogP contribution in [0.25, 0.3) is 0 Å². The number of benzene rings is 2. The van der Waals surface area contributed by atoms with Gasteiger partial charge in [-0.2, -0.15) is 0 Å². The van der Waals surface area contributed by atoms with E-state index in [1.165, 1.54) is 11.1 Å². The number of hydrogen-bond acceptors (Lipinski definition) is 2. The summed E-state index contributed by atoms with van der Waals surface area (Å²) in [5.41, 5.74) is 4.38. The van der Waals surface area contributed by atoms with Gasteiger partial charge in [0.05, 0.1) is 13.2 Å². The Labute approximate surface area is 114 Å². The first kappa shape index (κ1) is 13.6. The summed E-state index contributed by atoms with van der Waals surface area (Å²) in [6, 6.07) is 14.0. The fraction of sp³-hybridized carbons (Fsp3) is 0.294. The van der Waals surface area contributed by atoms with Gasteiger partial charge in [0.25, 0.3) is 0 Å². The zero-order valence-electron chi connectivity index (χ0n) is 11.7. The van der Waals surface area contributed by atoms with Gasteiger partial charge in [-0.05, 0) is 48.2 Å². The van der Waals surface area contributed by atoms with Crippen LogP contribution in [0, 0.1) is 13.8 Å². The van der Waals surface area contributed by atoms with E-state index in [-0.39, 0.29) is 0 Å². The molecule has 0 radical (unpaired) electrons. The lowest BCUT2D eigenvalue weighted by molar-refractivity contribution is 0.178. The molecule has 0 heterocycles. The molecule has 0 aliphatic heterocycles. The topological polar surface area (TPSA) is 29.5 Å². The largest absolute Gasteiger partial charge is 0.496 e. The average Bonchev–Trinajstić information content (AvgIpc) is 2.41. The summed E-state index contributed by atoms with van der Waals surface area (Å²) in [6.07, 6.45) is 0.157. The molecule has 2 aromatic rings. The third kappa shape index (κ3) is 3.15. The minimum absolute atomic E-state index is 0.481. The van der Waals surface area contributed by atoms with E-state index < -0.39 is 6.10 Å². The molecule has 0 aliphatic carbocycles. The van der Waals surface area contributed by atoms with E-state index in [4.69, 9.17) is 4.74 Å². The maximum Gasteiger partial charge on any atom is 0.121 e. The summed E-state index contributed by atoms with van der Waals surface area (Å²) < 4.78 is 5.24. The molecule has 0 spiro atoms. The quantitative estimate of drug-likeness (QED) is 0.906. The molecule has 2 rings (SSSR count). The van der Waals surface area contributed by atoms with E-state index in [2.05, 4.69) is 19.1 Å². The zero-order chi connectivity index (χ0) is 13.8. The fourth-order valence-electron chi connectivity index (χ4n) is 2.27. The molecule has 0 saturated carbocycles. The molecular weight excluding hydrogens is 236 g/mol. The summed E-state index contributed by atoms with van der Waals surface area (Å²) in [6.45, 7) is 4.06. The predicted molar refractivity (Wildman–Crippen MR) is 77.6 cm³/mol. The molecule has 2 nitrogen and oxygen atoms in total. The maximum absolute atomic E-state index is 10.3. The Morgan fingerprint density at radius 3 is 2.42 bits per heavy atom. The van der Waals surface area contributed by atoms with Crippen molar-refractivity contribution in [3.05, 3.63) is 64.7 Å². The molecule has 0 saturated heterocycles. The van der Waals surface area contributed by atoms with Crippen molar-refractivity contribution in [2.45, 2.75) is 26.4 Å². The van der Waals surface area contributed by atoms with E-state index in [0.717, 1.165) is 16.9 Å². The highest BCUT2D eigenvalue weighted by molar-refractivity contribution is 5.38. The van der Waals surface area contributed by atoms with E-state index >= 15 is 0 Å². The summed E-state index contributed by atoms with van der Waals surface area (Å²) in [4.78, 5) is 0. The Morgan fingerprint density at radius 1 is 1.05 bits per heavy atom. The molecule has 0 aliphatic rings. The average molecular weight is 256 g/mol. The molecule has 0 aromatic heterocycles. The first-order chi connectivity index (χ1) is 9.11. The van der Waals surface area contributed by atoms with Crippen LogP contribution in [-0.4, -0.2) is 12.2 Å². The van der Waals surface area contributed by atoms with Gasteiger partial charge in [0.15, 0.2) is 0 Å². The number of methoxy groups -OCH3 is 1. The van der Waals surface area contributed by atoms with Gasteiger partial charge in [0.2, 0.25) is 0 Å². The lowest BCUT2D eigenvalue weighted by Gasteiger charge is -2.14. The van der Waals surface area contributed by atoms with E-state index in [1.807, 2.05) is 37.3 Å². The standard InChI is InChI=1S/C17H20O2/c1-12-6-4-5-7-14(12)11-16(18)15-8-9-17(19-3)13(2)10-15/h4-10,16,18H,11H2,1-3H3. The molecule has 0 fully saturated rings. The number of aryl methyl sites for hydroxylation is 2. The SMILES string of the molecule is COc1ccc(C(O)Cc2ccccc2C)cc1C. The van der Waals surface area contributed by atoms with Crippen molar-refractivity contribution in [2.24, 2.45) is 0 Å². The maximum atomic E-state index is 10.3. The lowest BCUT2D eigenvalue weighted by atomic mass is 9.97. The van der Waals surface area contributed by atoms with Crippen molar-refractivity contribution in [3.63, 3.8) is 0 Å². The van der Waals surface area contributed by atoms with Crippen LogP contribution in [0.2, 0.25) is 0 Å². The van der Waals surface area contributed by atoms with Gasteiger partial charge in [-0.15, -0.1) is 0 Å². The first-order valence-corrected chi connectivity index (χ1v) is 6.49. The van der Waals surface area contributed by atoms with Crippen LogP contribution in [-0.2, 0) is 6.42 Å². The highest BCUT2D eigenvalue weighted by Gasteiger charge is 2.11. The highest BCUT2D eigenvalue weighted by Crippen LogP contribution is 2.25. The van der Waals surface area contributed by atoms with Gasteiger partial charge >= 0.3 is 0 Å². The molecule has 2 aromatic carbocycles. The van der Waals surface area contributed by atoms with E-state index in [9.17, 15) is 5.11 Å². The predicted octanol–water partition coefficient (Wildman–Crippen LogP) is 3.59. The molecule has 1 unspecified atom stereocenters. The van der Waals surface area contributed by atoms with Gasteiger partial charge in [0.1, 0.15) is 5.75 Å². The van der Waals surface area contributed by atoms with Crippen LogP contribution in [0.1, 0.15) is 28.4 Å². The van der Waals surface area contributed by atoms with E-state index in [1.54, 1.807) is 7.11 Å². The second-order valence-electron chi connectivity index (χ2n) is 4.88. The highest BCUT2D eigenvalue weighted by atomic mass is 16.5. The van der Waals surface area contributed by atoms with Gasteiger partial charge in [-0.25, -0.2) is 0 Å². The van der Waals surface area contributed by atoms with Crippen molar-refractivity contribution in [1.29, 1.82) is 0 Å². The van der Waals surface area contributed by atoms with Crippen LogP contribution in [0.15, 0.2) is 42.5 Å². The van der Waals surface area contributed by atoms with Crippen molar-refractivity contribution < 1.29 is 9.84 Å². The lowest BCUT2D eigenvalue weighted by Crippen LogP contribution is -2.03. The third-order valence-electron chi connectivity index (χ3n) is 3.48. The Balaban J connectivity index is 2.18. The first-order valence-electron chi connectivity index (χ1n) is 6.49. The molecule has 0 amide bonds. The van der Waals surface area contributed by atoms with E-state index in [0.29, 0.717) is 6.42 Å². The fourth-order valence-corrected chi connectivity index (χ4v) is 2.27. The van der Waals surface area contributed by atoms with Crippen LogP contribution >= 0.6 is 0 Å². The number of hydrogen-bond donors (Lipinski definition) is 1.